The Balaban J connectivity index is 0.00000225. The zero-order valence-electron chi connectivity index (χ0n) is 15.5. The molecule has 2 aliphatic rings. The molecule has 0 spiro atoms. The van der Waals surface area contributed by atoms with Crippen LogP contribution >= 0.6 is 24.0 Å². The van der Waals surface area contributed by atoms with E-state index in [1.807, 2.05) is 6.20 Å². The van der Waals surface area contributed by atoms with Gasteiger partial charge in [-0.3, -0.25) is 0 Å². The van der Waals surface area contributed by atoms with Crippen molar-refractivity contribution in [2.75, 3.05) is 44.7 Å². The molecule has 2 N–H and O–H groups in total. The SMILES string of the molecule is CCNC(=NCc1ccc(N2CCN(C)CC2)nc1)NC1CC1C.I. The Morgan fingerprint density at radius 2 is 2.00 bits per heavy atom. The first kappa shape index (κ1) is 20.2. The first-order chi connectivity index (χ1) is 11.7. The standard InChI is InChI=1S/C18H30N6.HI/c1-4-19-18(22-16-11-14(16)2)21-13-15-5-6-17(20-12-15)24-9-7-23(3)8-10-24;/h5-6,12,14,16H,4,7-11,13H2,1-3H3,(H2,19,21,22);1H. The number of nitrogens with one attached hydrogen (secondary N) is 2. The van der Waals surface area contributed by atoms with E-state index in [-0.39, 0.29) is 24.0 Å². The first-order valence-electron chi connectivity index (χ1n) is 9.09. The number of hydrogen-bond acceptors (Lipinski definition) is 4. The van der Waals surface area contributed by atoms with Crippen molar-refractivity contribution < 1.29 is 0 Å². The van der Waals surface area contributed by atoms with E-state index in [2.05, 4.69) is 63.4 Å². The quantitative estimate of drug-likeness (QED) is 0.401. The molecule has 0 aromatic carbocycles. The summed E-state index contributed by atoms with van der Waals surface area (Å²) in [5.41, 5.74) is 1.15. The van der Waals surface area contributed by atoms with Crippen LogP contribution in [0.4, 0.5) is 5.82 Å². The molecule has 2 heterocycles. The number of aromatic nitrogens is 1. The molecule has 25 heavy (non-hydrogen) atoms. The second-order valence-corrected chi connectivity index (χ2v) is 6.97. The van der Waals surface area contributed by atoms with Gasteiger partial charge in [0, 0.05) is 45.0 Å². The minimum Gasteiger partial charge on any atom is -0.357 e. The number of piperazine rings is 1. The zero-order chi connectivity index (χ0) is 16.9. The summed E-state index contributed by atoms with van der Waals surface area (Å²) in [6.07, 6.45) is 3.20. The summed E-state index contributed by atoms with van der Waals surface area (Å²) in [5.74, 6) is 2.75. The fourth-order valence-electron chi connectivity index (χ4n) is 2.92. The maximum atomic E-state index is 4.68. The maximum Gasteiger partial charge on any atom is 0.191 e. The van der Waals surface area contributed by atoms with E-state index in [0.717, 1.165) is 56.0 Å². The van der Waals surface area contributed by atoms with Crippen LogP contribution in [0.5, 0.6) is 0 Å². The van der Waals surface area contributed by atoms with Gasteiger partial charge in [-0.1, -0.05) is 13.0 Å². The average Bonchev–Trinajstić information content (AvgIpc) is 3.29. The van der Waals surface area contributed by atoms with Crippen LogP contribution in [-0.4, -0.2) is 61.7 Å². The topological polar surface area (TPSA) is 55.8 Å². The van der Waals surface area contributed by atoms with E-state index < -0.39 is 0 Å². The van der Waals surface area contributed by atoms with Crippen molar-refractivity contribution >= 4 is 35.8 Å². The van der Waals surface area contributed by atoms with Crippen molar-refractivity contribution in [1.29, 1.82) is 0 Å². The molecule has 1 aromatic rings. The smallest absolute Gasteiger partial charge is 0.191 e. The Hall–Kier alpha value is -1.09. The highest BCUT2D eigenvalue weighted by atomic mass is 127. The summed E-state index contributed by atoms with van der Waals surface area (Å²) in [5, 5.41) is 6.80. The largest absolute Gasteiger partial charge is 0.357 e. The Labute approximate surface area is 168 Å². The molecule has 2 unspecified atom stereocenters. The van der Waals surface area contributed by atoms with Crippen LogP contribution in [0, 0.1) is 5.92 Å². The molecule has 1 saturated carbocycles. The van der Waals surface area contributed by atoms with Gasteiger partial charge in [0.25, 0.3) is 0 Å². The van der Waals surface area contributed by atoms with E-state index in [9.17, 15) is 0 Å². The monoisotopic (exact) mass is 458 g/mol. The summed E-state index contributed by atoms with van der Waals surface area (Å²) in [4.78, 5) is 14.0. The second kappa shape index (κ2) is 9.56. The van der Waals surface area contributed by atoms with Crippen LogP contribution in [0.3, 0.4) is 0 Å². The highest BCUT2D eigenvalue weighted by molar-refractivity contribution is 14.0. The molecule has 0 radical (unpaired) electrons. The number of hydrogen-bond donors (Lipinski definition) is 2. The predicted molar refractivity (Wildman–Crippen MR) is 115 cm³/mol. The van der Waals surface area contributed by atoms with Gasteiger partial charge in [-0.05, 0) is 37.9 Å². The summed E-state index contributed by atoms with van der Waals surface area (Å²) >= 11 is 0. The summed E-state index contributed by atoms with van der Waals surface area (Å²) < 4.78 is 0. The summed E-state index contributed by atoms with van der Waals surface area (Å²) in [6.45, 7) is 10.2. The third-order valence-electron chi connectivity index (χ3n) is 4.83. The van der Waals surface area contributed by atoms with E-state index in [4.69, 9.17) is 0 Å². The number of halogens is 1. The van der Waals surface area contributed by atoms with Gasteiger partial charge in [-0.2, -0.15) is 0 Å². The Morgan fingerprint density at radius 1 is 1.28 bits per heavy atom. The van der Waals surface area contributed by atoms with Crippen LogP contribution in [0.15, 0.2) is 23.3 Å². The number of anilines is 1. The molecule has 1 saturated heterocycles. The molecule has 7 heteroatoms. The lowest BCUT2D eigenvalue weighted by Gasteiger charge is -2.33. The van der Waals surface area contributed by atoms with Gasteiger partial charge >= 0.3 is 0 Å². The molecule has 6 nitrogen and oxygen atoms in total. The van der Waals surface area contributed by atoms with Crippen molar-refractivity contribution in [2.24, 2.45) is 10.9 Å². The lowest BCUT2D eigenvalue weighted by Crippen LogP contribution is -2.44. The number of aliphatic imine (C=N–C) groups is 1. The first-order valence-corrected chi connectivity index (χ1v) is 9.09. The molecule has 1 aliphatic carbocycles. The van der Waals surface area contributed by atoms with Gasteiger partial charge in [0.2, 0.25) is 0 Å². The Morgan fingerprint density at radius 3 is 2.56 bits per heavy atom. The van der Waals surface area contributed by atoms with Gasteiger partial charge in [0.05, 0.1) is 6.54 Å². The molecule has 1 aromatic heterocycles. The van der Waals surface area contributed by atoms with Gasteiger partial charge in [0.1, 0.15) is 5.82 Å². The van der Waals surface area contributed by atoms with Crippen LogP contribution in [0.1, 0.15) is 25.8 Å². The zero-order valence-corrected chi connectivity index (χ0v) is 17.9. The van der Waals surface area contributed by atoms with Crippen molar-refractivity contribution in [2.45, 2.75) is 32.9 Å². The Bertz CT molecular complexity index is 553. The molecule has 2 fully saturated rings. The normalized spacial score (nSPS) is 23.8. The van der Waals surface area contributed by atoms with Crippen molar-refractivity contribution in [1.82, 2.24) is 20.5 Å². The highest BCUT2D eigenvalue weighted by Crippen LogP contribution is 2.28. The number of likely N-dealkylation sites (N-methyl/N-ethyl adjacent to an activating group) is 1. The van der Waals surface area contributed by atoms with Gasteiger partial charge in [-0.15, -0.1) is 24.0 Å². The summed E-state index contributed by atoms with van der Waals surface area (Å²) in [6, 6.07) is 4.85. The molecular formula is C18H31IN6. The third kappa shape index (κ3) is 5.99. The Kier molecular flexibility index (Phi) is 7.74. The van der Waals surface area contributed by atoms with Crippen LogP contribution in [0.2, 0.25) is 0 Å². The highest BCUT2D eigenvalue weighted by Gasteiger charge is 2.33. The fourth-order valence-corrected chi connectivity index (χ4v) is 2.92. The average molecular weight is 458 g/mol. The minimum absolute atomic E-state index is 0. The van der Waals surface area contributed by atoms with Crippen LogP contribution < -0.4 is 15.5 Å². The lowest BCUT2D eigenvalue weighted by atomic mass is 10.2. The third-order valence-corrected chi connectivity index (χ3v) is 4.83. The minimum atomic E-state index is 0. The predicted octanol–water partition coefficient (Wildman–Crippen LogP) is 1.91. The number of rotatable bonds is 5. The second-order valence-electron chi connectivity index (χ2n) is 6.97. The van der Waals surface area contributed by atoms with Gasteiger partial charge < -0.3 is 20.4 Å². The number of guanidine groups is 1. The molecule has 1 aliphatic heterocycles. The van der Waals surface area contributed by atoms with Gasteiger partial charge in [0.15, 0.2) is 5.96 Å². The van der Waals surface area contributed by atoms with Crippen molar-refractivity contribution in [3.63, 3.8) is 0 Å². The molecule has 140 valence electrons. The van der Waals surface area contributed by atoms with Crippen LogP contribution in [0.25, 0.3) is 0 Å². The van der Waals surface area contributed by atoms with E-state index >= 15 is 0 Å². The van der Waals surface area contributed by atoms with Crippen molar-refractivity contribution in [3.8, 4) is 0 Å². The van der Waals surface area contributed by atoms with E-state index in [0.29, 0.717) is 12.6 Å². The maximum absolute atomic E-state index is 4.68. The fraction of sp³-hybridized carbons (Fsp3) is 0.667. The molecule has 3 rings (SSSR count). The van der Waals surface area contributed by atoms with Crippen molar-refractivity contribution in [3.05, 3.63) is 23.9 Å². The summed E-state index contributed by atoms with van der Waals surface area (Å²) in [7, 11) is 2.17. The molecule has 2 atom stereocenters. The van der Waals surface area contributed by atoms with E-state index in [1.165, 1.54) is 6.42 Å². The number of pyridine rings is 1. The number of nitrogens with zero attached hydrogens (tertiary/aromatic N) is 4. The lowest BCUT2D eigenvalue weighted by molar-refractivity contribution is 0.312. The van der Waals surface area contributed by atoms with Crippen LogP contribution in [-0.2, 0) is 6.54 Å². The molecule has 0 amide bonds. The van der Waals surface area contributed by atoms with E-state index in [1.54, 1.807) is 0 Å². The molecule has 0 bridgehead atoms. The molecular weight excluding hydrogens is 427 g/mol. The van der Waals surface area contributed by atoms with Gasteiger partial charge in [-0.25, -0.2) is 9.98 Å².